The highest BCUT2D eigenvalue weighted by molar-refractivity contribution is 7.98. The normalized spacial score (nSPS) is 12.7. The number of thioether (sulfide) groups is 1. The molecule has 1 atom stereocenters. The Bertz CT molecular complexity index is 837. The van der Waals surface area contributed by atoms with Gasteiger partial charge in [0.1, 0.15) is 0 Å². The number of aryl methyl sites for hydroxylation is 1. The maximum absolute atomic E-state index is 12.6. The van der Waals surface area contributed by atoms with Crippen molar-refractivity contribution in [1.82, 2.24) is 9.62 Å². The first kappa shape index (κ1) is 21.5. The second-order valence-electron chi connectivity index (χ2n) is 6.43. The number of sulfonamides is 1. The van der Waals surface area contributed by atoms with Gasteiger partial charge >= 0.3 is 0 Å². The van der Waals surface area contributed by atoms with Crippen LogP contribution in [0.5, 0.6) is 0 Å². The molecule has 146 valence electrons. The van der Waals surface area contributed by atoms with Crippen molar-refractivity contribution in [3.63, 3.8) is 0 Å². The van der Waals surface area contributed by atoms with Gasteiger partial charge in [0.25, 0.3) is 0 Å². The Labute approximate surface area is 166 Å². The van der Waals surface area contributed by atoms with E-state index in [0.717, 1.165) is 22.0 Å². The maximum Gasteiger partial charge on any atom is 0.243 e. The summed E-state index contributed by atoms with van der Waals surface area (Å²) < 4.78 is 26.3. The van der Waals surface area contributed by atoms with Gasteiger partial charge in [-0.2, -0.15) is 4.31 Å². The van der Waals surface area contributed by atoms with E-state index >= 15 is 0 Å². The Balaban J connectivity index is 1.87. The predicted octanol–water partition coefficient (Wildman–Crippen LogP) is 3.17. The molecule has 0 bridgehead atoms. The fourth-order valence-electron chi connectivity index (χ4n) is 2.64. The lowest BCUT2D eigenvalue weighted by molar-refractivity contribution is -0.121. The van der Waals surface area contributed by atoms with Crippen molar-refractivity contribution in [1.29, 1.82) is 0 Å². The van der Waals surface area contributed by atoms with E-state index in [2.05, 4.69) is 17.4 Å². The molecule has 0 spiro atoms. The van der Waals surface area contributed by atoms with Gasteiger partial charge in [0, 0.05) is 18.0 Å². The first-order valence-electron chi connectivity index (χ1n) is 8.76. The molecule has 0 aliphatic carbocycles. The van der Waals surface area contributed by atoms with Gasteiger partial charge in [0.2, 0.25) is 15.9 Å². The summed E-state index contributed by atoms with van der Waals surface area (Å²) in [6, 6.07) is 16.7. The Morgan fingerprint density at radius 1 is 1.11 bits per heavy atom. The van der Waals surface area contributed by atoms with Crippen LogP contribution in [0.2, 0.25) is 0 Å². The number of amides is 1. The zero-order valence-corrected chi connectivity index (χ0v) is 17.5. The molecule has 27 heavy (non-hydrogen) atoms. The van der Waals surface area contributed by atoms with Gasteiger partial charge in [-0.05, 0) is 55.9 Å². The fourth-order valence-corrected chi connectivity index (χ4v) is 4.17. The van der Waals surface area contributed by atoms with Crippen molar-refractivity contribution in [2.45, 2.75) is 35.6 Å². The van der Waals surface area contributed by atoms with Crippen LogP contribution in [-0.4, -0.2) is 44.5 Å². The second-order valence-corrected chi connectivity index (χ2v) is 9.35. The SMILES string of the molecule is CSc1ccc(S(=O)(=O)N(C)CC(=O)N[C@H](C)CCc2ccccc2)cc1. The van der Waals surface area contributed by atoms with E-state index in [1.54, 1.807) is 36.0 Å². The molecule has 0 radical (unpaired) electrons. The number of hydrogen-bond acceptors (Lipinski definition) is 4. The average Bonchev–Trinajstić information content (AvgIpc) is 2.67. The molecule has 0 saturated heterocycles. The molecule has 1 N–H and O–H groups in total. The fraction of sp³-hybridized carbons (Fsp3) is 0.350. The van der Waals surface area contributed by atoms with Crippen molar-refractivity contribution >= 4 is 27.7 Å². The van der Waals surface area contributed by atoms with Crippen LogP contribution in [0.1, 0.15) is 18.9 Å². The van der Waals surface area contributed by atoms with Gasteiger partial charge in [-0.1, -0.05) is 30.3 Å². The van der Waals surface area contributed by atoms with Gasteiger partial charge in [-0.15, -0.1) is 11.8 Å². The van der Waals surface area contributed by atoms with Crippen LogP contribution in [0, 0.1) is 0 Å². The largest absolute Gasteiger partial charge is 0.352 e. The van der Waals surface area contributed by atoms with Crippen molar-refractivity contribution in [3.8, 4) is 0 Å². The summed E-state index contributed by atoms with van der Waals surface area (Å²) in [4.78, 5) is 13.4. The molecule has 2 aromatic carbocycles. The number of carbonyl (C=O) groups excluding carboxylic acids is 1. The number of nitrogens with one attached hydrogen (secondary N) is 1. The van der Waals surface area contributed by atoms with Gasteiger partial charge in [-0.25, -0.2) is 8.42 Å². The molecule has 0 aliphatic rings. The molecule has 0 fully saturated rings. The molecule has 2 rings (SSSR count). The molecule has 1 amide bonds. The number of benzene rings is 2. The third kappa shape index (κ3) is 6.37. The van der Waals surface area contributed by atoms with E-state index in [9.17, 15) is 13.2 Å². The number of nitrogens with zero attached hydrogens (tertiary/aromatic N) is 1. The molecule has 0 saturated carbocycles. The third-order valence-electron chi connectivity index (χ3n) is 4.25. The minimum Gasteiger partial charge on any atom is -0.352 e. The molecule has 0 unspecified atom stereocenters. The van der Waals surface area contributed by atoms with Crippen molar-refractivity contribution in [3.05, 3.63) is 60.2 Å². The zero-order valence-electron chi connectivity index (χ0n) is 15.9. The van der Waals surface area contributed by atoms with Crippen LogP contribution in [-0.2, 0) is 21.2 Å². The summed E-state index contributed by atoms with van der Waals surface area (Å²) in [5.74, 6) is -0.303. The molecule has 0 aliphatic heterocycles. The molecular formula is C20H26N2O3S2. The Morgan fingerprint density at radius 3 is 2.33 bits per heavy atom. The smallest absolute Gasteiger partial charge is 0.243 e. The molecule has 2 aromatic rings. The summed E-state index contributed by atoms with van der Waals surface area (Å²) >= 11 is 1.54. The highest BCUT2D eigenvalue weighted by atomic mass is 32.2. The third-order valence-corrected chi connectivity index (χ3v) is 6.81. The molecule has 5 nitrogen and oxygen atoms in total. The number of likely N-dealkylation sites (N-methyl/N-ethyl adjacent to an activating group) is 1. The Morgan fingerprint density at radius 2 is 1.74 bits per heavy atom. The van der Waals surface area contributed by atoms with Crippen molar-refractivity contribution in [2.75, 3.05) is 19.8 Å². The van der Waals surface area contributed by atoms with E-state index < -0.39 is 10.0 Å². The van der Waals surface area contributed by atoms with Gasteiger partial charge < -0.3 is 5.32 Å². The topological polar surface area (TPSA) is 66.5 Å². The summed E-state index contributed by atoms with van der Waals surface area (Å²) in [6.45, 7) is 1.72. The van der Waals surface area contributed by atoms with Crippen LogP contribution in [0.25, 0.3) is 0 Å². The van der Waals surface area contributed by atoms with Crippen LogP contribution in [0.3, 0.4) is 0 Å². The molecular weight excluding hydrogens is 380 g/mol. The van der Waals surface area contributed by atoms with Crippen LogP contribution >= 0.6 is 11.8 Å². The van der Waals surface area contributed by atoms with Crippen LogP contribution in [0.15, 0.2) is 64.4 Å². The standard InChI is InChI=1S/C20H26N2O3S2/c1-16(9-10-17-7-5-4-6-8-17)21-20(23)15-22(2)27(24,25)19-13-11-18(26-3)12-14-19/h4-8,11-14,16H,9-10,15H2,1-3H3,(H,21,23)/t16-/m1/s1. The minimum atomic E-state index is -3.69. The number of carbonyl (C=O) groups is 1. The molecule has 0 heterocycles. The van der Waals surface area contributed by atoms with E-state index in [1.807, 2.05) is 31.4 Å². The maximum atomic E-state index is 12.6. The quantitative estimate of drug-likeness (QED) is 0.650. The van der Waals surface area contributed by atoms with Gasteiger partial charge in [-0.3, -0.25) is 4.79 Å². The number of hydrogen-bond donors (Lipinski definition) is 1. The summed E-state index contributed by atoms with van der Waals surface area (Å²) in [7, 11) is -2.26. The summed E-state index contributed by atoms with van der Waals surface area (Å²) in [5, 5.41) is 2.87. The Hall–Kier alpha value is -1.83. The van der Waals surface area contributed by atoms with Crippen molar-refractivity contribution < 1.29 is 13.2 Å². The van der Waals surface area contributed by atoms with Crippen LogP contribution in [0.4, 0.5) is 0 Å². The number of rotatable bonds is 9. The van der Waals surface area contributed by atoms with E-state index in [0.29, 0.717) is 0 Å². The van der Waals surface area contributed by atoms with E-state index in [4.69, 9.17) is 0 Å². The van der Waals surface area contributed by atoms with Crippen LogP contribution < -0.4 is 5.32 Å². The molecule has 7 heteroatoms. The highest BCUT2D eigenvalue weighted by Gasteiger charge is 2.23. The first-order chi connectivity index (χ1) is 12.8. The minimum absolute atomic E-state index is 0.0327. The van der Waals surface area contributed by atoms with Gasteiger partial charge in [0.15, 0.2) is 0 Å². The highest BCUT2D eigenvalue weighted by Crippen LogP contribution is 2.19. The molecule has 0 aromatic heterocycles. The average molecular weight is 407 g/mol. The zero-order chi connectivity index (χ0) is 19.9. The predicted molar refractivity (Wildman–Crippen MR) is 110 cm³/mol. The van der Waals surface area contributed by atoms with Crippen molar-refractivity contribution in [2.24, 2.45) is 0 Å². The lowest BCUT2D eigenvalue weighted by Gasteiger charge is -2.19. The summed E-state index contributed by atoms with van der Waals surface area (Å²) in [6.07, 6.45) is 3.58. The monoisotopic (exact) mass is 406 g/mol. The van der Waals surface area contributed by atoms with Gasteiger partial charge in [0.05, 0.1) is 11.4 Å². The second kappa shape index (κ2) is 9.92. The van der Waals surface area contributed by atoms with E-state index in [-0.39, 0.29) is 23.4 Å². The first-order valence-corrected chi connectivity index (χ1v) is 11.4. The Kier molecular flexibility index (Phi) is 7.89. The lowest BCUT2D eigenvalue weighted by Crippen LogP contribution is -2.41. The van der Waals surface area contributed by atoms with E-state index in [1.165, 1.54) is 12.6 Å². The summed E-state index contributed by atoms with van der Waals surface area (Å²) in [5.41, 5.74) is 1.21. The lowest BCUT2D eigenvalue weighted by atomic mass is 10.1.